The number of benzene rings is 3. The second kappa shape index (κ2) is 12.0. The van der Waals surface area contributed by atoms with Gasteiger partial charge >= 0.3 is 0 Å². The Morgan fingerprint density at radius 1 is 1.02 bits per heavy atom. The summed E-state index contributed by atoms with van der Waals surface area (Å²) in [4.78, 5) is 14.0. The van der Waals surface area contributed by atoms with Crippen LogP contribution in [0.1, 0.15) is 46.6 Å². The maximum atomic E-state index is 13.6. The molecule has 0 radical (unpaired) electrons. The summed E-state index contributed by atoms with van der Waals surface area (Å²) in [5.74, 6) is 0.566. The lowest BCUT2D eigenvalue weighted by molar-refractivity contribution is 0.0939. The molecule has 4 aromatic rings. The molecule has 1 N–H and O–H groups in total. The van der Waals surface area contributed by atoms with E-state index in [4.69, 9.17) is 21.1 Å². The fraction of sp³-hybridized carbons (Fsp3) is 0.323. The van der Waals surface area contributed by atoms with Crippen molar-refractivity contribution in [2.45, 2.75) is 43.7 Å². The van der Waals surface area contributed by atoms with Crippen molar-refractivity contribution in [1.82, 2.24) is 9.88 Å². The quantitative estimate of drug-likeness (QED) is 0.228. The van der Waals surface area contributed by atoms with Crippen LogP contribution in [0, 0.1) is 0 Å². The summed E-state index contributed by atoms with van der Waals surface area (Å²) in [6.07, 6.45) is 1.94. The molecule has 1 heterocycles. The van der Waals surface area contributed by atoms with Gasteiger partial charge in [0, 0.05) is 41.2 Å². The first-order valence-corrected chi connectivity index (χ1v) is 15.5. The Labute approximate surface area is 240 Å². The third-order valence-electron chi connectivity index (χ3n) is 7.27. The number of para-hydroxylation sites is 1. The number of sulfone groups is 1. The normalized spacial score (nSPS) is 14.8. The van der Waals surface area contributed by atoms with Crippen LogP contribution in [0.4, 0.5) is 0 Å². The molecule has 0 saturated heterocycles. The number of carbonyl (C=O) groups is 1. The smallest absolute Gasteiger partial charge is 0.268 e. The molecule has 1 atom stereocenters. The van der Waals surface area contributed by atoms with E-state index >= 15 is 0 Å². The van der Waals surface area contributed by atoms with Crippen molar-refractivity contribution in [3.8, 4) is 5.75 Å². The maximum Gasteiger partial charge on any atom is 0.268 e. The van der Waals surface area contributed by atoms with Gasteiger partial charge in [0.1, 0.15) is 18.1 Å². The number of ether oxygens (including phenoxy) is 2. The molecule has 9 heteroatoms. The first-order chi connectivity index (χ1) is 19.3. The summed E-state index contributed by atoms with van der Waals surface area (Å²) >= 11 is 6.24. The van der Waals surface area contributed by atoms with Gasteiger partial charge in [-0.2, -0.15) is 0 Å². The molecule has 1 amide bonds. The maximum absolute atomic E-state index is 13.6. The van der Waals surface area contributed by atoms with Gasteiger partial charge in [-0.3, -0.25) is 4.79 Å². The van der Waals surface area contributed by atoms with Gasteiger partial charge < -0.3 is 19.4 Å². The number of halogens is 1. The highest BCUT2D eigenvalue weighted by Gasteiger charge is 2.29. The van der Waals surface area contributed by atoms with E-state index in [-0.39, 0.29) is 24.2 Å². The zero-order valence-corrected chi connectivity index (χ0v) is 24.2. The average Bonchev–Trinajstić information content (AvgIpc) is 3.53. The number of carbonyl (C=O) groups excluding carboxylic acids is 1. The monoisotopic (exact) mass is 580 g/mol. The predicted octanol–water partition coefficient (Wildman–Crippen LogP) is 5.77. The number of aromatic nitrogens is 1. The third-order valence-corrected chi connectivity index (χ3v) is 9.43. The molecule has 40 heavy (non-hydrogen) atoms. The molecule has 0 saturated carbocycles. The Balaban J connectivity index is 1.41. The number of hydrogen-bond donors (Lipinski definition) is 1. The van der Waals surface area contributed by atoms with Gasteiger partial charge in [-0.1, -0.05) is 42.8 Å². The van der Waals surface area contributed by atoms with Gasteiger partial charge in [-0.15, -0.1) is 0 Å². The summed E-state index contributed by atoms with van der Waals surface area (Å²) in [6.45, 7) is 2.94. The van der Waals surface area contributed by atoms with Crippen LogP contribution in [-0.2, 0) is 34.0 Å². The number of amides is 1. The van der Waals surface area contributed by atoms with Gasteiger partial charge in [-0.05, 0) is 72.9 Å². The van der Waals surface area contributed by atoms with Gasteiger partial charge in [-0.25, -0.2) is 8.42 Å². The van der Waals surface area contributed by atoms with Crippen molar-refractivity contribution >= 4 is 38.2 Å². The number of methoxy groups -OCH3 is 1. The highest BCUT2D eigenvalue weighted by atomic mass is 35.5. The number of hydrogen-bond acceptors (Lipinski definition) is 5. The van der Waals surface area contributed by atoms with Crippen molar-refractivity contribution in [2.75, 3.05) is 26.1 Å². The van der Waals surface area contributed by atoms with Gasteiger partial charge in [0.05, 0.1) is 17.3 Å². The first kappa shape index (κ1) is 28.2. The van der Waals surface area contributed by atoms with E-state index in [0.29, 0.717) is 53.8 Å². The molecule has 210 valence electrons. The van der Waals surface area contributed by atoms with Crippen LogP contribution in [0.5, 0.6) is 5.75 Å². The molecule has 3 aromatic carbocycles. The minimum Gasteiger partial charge on any atom is -0.491 e. The Morgan fingerprint density at radius 2 is 1.82 bits per heavy atom. The lowest BCUT2D eigenvalue weighted by Crippen LogP contribution is -2.27. The van der Waals surface area contributed by atoms with Crippen LogP contribution in [0.15, 0.2) is 71.6 Å². The van der Waals surface area contributed by atoms with E-state index in [1.165, 1.54) is 0 Å². The first-order valence-electron chi connectivity index (χ1n) is 13.4. The van der Waals surface area contributed by atoms with Crippen LogP contribution in [-0.4, -0.2) is 45.0 Å². The van der Waals surface area contributed by atoms with Crippen molar-refractivity contribution in [3.05, 3.63) is 94.1 Å². The molecular weight excluding hydrogens is 548 g/mol. The zero-order valence-electron chi connectivity index (χ0n) is 22.7. The standard InChI is InChI=1S/C31H33ClN2O5S/c1-3-14-40(36,37)27-10-8-21-16-26(17-23(21)18-27)34-28-7-5-4-6-22(28)19-29(34)31(35)33-20-24-15-25(32)9-11-30(24)39-13-12-38-2/h4-11,15,18-19,26H,3,12-14,16-17,20H2,1-2H3,(H,33,35). The molecule has 5 rings (SSSR count). The van der Waals surface area contributed by atoms with Crippen LogP contribution in [0.2, 0.25) is 5.02 Å². The zero-order chi connectivity index (χ0) is 28.3. The Bertz CT molecular complexity index is 1650. The molecule has 0 spiro atoms. The van der Waals surface area contributed by atoms with Crippen LogP contribution < -0.4 is 10.1 Å². The molecule has 0 aliphatic heterocycles. The fourth-order valence-electron chi connectivity index (χ4n) is 5.41. The van der Waals surface area contributed by atoms with E-state index in [0.717, 1.165) is 27.6 Å². The van der Waals surface area contributed by atoms with E-state index in [1.54, 1.807) is 31.4 Å². The highest BCUT2D eigenvalue weighted by Crippen LogP contribution is 2.36. The number of nitrogens with zero attached hydrogens (tertiary/aromatic N) is 1. The molecule has 0 bridgehead atoms. The summed E-state index contributed by atoms with van der Waals surface area (Å²) in [7, 11) is -1.69. The number of fused-ring (bicyclic) bond motifs is 2. The minimum absolute atomic E-state index is 0.0149. The number of rotatable bonds is 11. The average molecular weight is 581 g/mol. The van der Waals surface area contributed by atoms with Crippen molar-refractivity contribution in [3.63, 3.8) is 0 Å². The molecule has 7 nitrogen and oxygen atoms in total. The van der Waals surface area contributed by atoms with Gasteiger partial charge in [0.25, 0.3) is 5.91 Å². The van der Waals surface area contributed by atoms with Crippen molar-refractivity contribution in [1.29, 1.82) is 0 Å². The molecule has 1 aromatic heterocycles. The molecule has 1 unspecified atom stereocenters. The molecular formula is C31H33ClN2O5S. The largest absolute Gasteiger partial charge is 0.491 e. The Morgan fingerprint density at radius 3 is 2.62 bits per heavy atom. The van der Waals surface area contributed by atoms with E-state index < -0.39 is 9.84 Å². The van der Waals surface area contributed by atoms with Crippen LogP contribution in [0.25, 0.3) is 10.9 Å². The summed E-state index contributed by atoms with van der Waals surface area (Å²) in [6, 6.07) is 20.6. The van der Waals surface area contributed by atoms with E-state index in [1.807, 2.05) is 49.4 Å². The van der Waals surface area contributed by atoms with Gasteiger partial charge in [0.15, 0.2) is 9.84 Å². The molecule has 1 aliphatic carbocycles. The van der Waals surface area contributed by atoms with E-state index in [2.05, 4.69) is 9.88 Å². The molecule has 0 fully saturated rings. The Hall–Kier alpha value is -3.33. The summed E-state index contributed by atoms with van der Waals surface area (Å²) in [5.41, 5.74) is 4.43. The van der Waals surface area contributed by atoms with Crippen molar-refractivity contribution < 1.29 is 22.7 Å². The summed E-state index contributed by atoms with van der Waals surface area (Å²) < 4.78 is 38.4. The van der Waals surface area contributed by atoms with Crippen LogP contribution in [0.3, 0.4) is 0 Å². The topological polar surface area (TPSA) is 86.6 Å². The second-order valence-electron chi connectivity index (χ2n) is 10.0. The minimum atomic E-state index is -3.30. The molecule has 1 aliphatic rings. The Kier molecular flexibility index (Phi) is 8.49. The lowest BCUT2D eigenvalue weighted by atomic mass is 10.1. The fourth-order valence-corrected chi connectivity index (χ4v) is 6.97. The van der Waals surface area contributed by atoms with E-state index in [9.17, 15) is 13.2 Å². The second-order valence-corrected chi connectivity index (χ2v) is 12.6. The predicted molar refractivity (Wildman–Crippen MR) is 157 cm³/mol. The summed E-state index contributed by atoms with van der Waals surface area (Å²) in [5, 5.41) is 4.58. The lowest BCUT2D eigenvalue weighted by Gasteiger charge is -2.18. The number of nitrogens with one attached hydrogen (secondary N) is 1. The highest BCUT2D eigenvalue weighted by molar-refractivity contribution is 7.91. The van der Waals surface area contributed by atoms with Crippen LogP contribution >= 0.6 is 11.6 Å². The van der Waals surface area contributed by atoms with Crippen molar-refractivity contribution in [2.24, 2.45) is 0 Å². The SMILES string of the molecule is CCCS(=O)(=O)c1ccc2c(c1)CC(n1c(C(=O)NCc3cc(Cl)ccc3OCCOC)cc3ccccc31)C2. The third kappa shape index (κ3) is 5.89. The van der Waals surface area contributed by atoms with Gasteiger partial charge in [0.2, 0.25) is 0 Å².